The van der Waals surface area contributed by atoms with Gasteiger partial charge in [-0.05, 0) is 37.8 Å². The van der Waals surface area contributed by atoms with Crippen LogP contribution < -0.4 is 0 Å². The fraction of sp³-hybridized carbons (Fsp3) is 0.533. The standard InChI is InChI=1S/C15H19NO2S/c1-10-7-12(3)16(9-10)15(18)14-8-11(2)13(19-14)5-4-6-17/h8,10,12,17H,6-7,9H2,1-3H3. The van der Waals surface area contributed by atoms with E-state index in [1.807, 2.05) is 17.9 Å². The molecular formula is C15H19NO2S. The van der Waals surface area contributed by atoms with E-state index >= 15 is 0 Å². The first-order valence-corrected chi connectivity index (χ1v) is 7.35. The molecule has 1 aliphatic rings. The van der Waals surface area contributed by atoms with Gasteiger partial charge in [0.05, 0.1) is 9.75 Å². The molecule has 2 rings (SSSR count). The minimum atomic E-state index is -0.151. The summed E-state index contributed by atoms with van der Waals surface area (Å²) >= 11 is 1.42. The average Bonchev–Trinajstić information content (AvgIpc) is 2.89. The van der Waals surface area contributed by atoms with Gasteiger partial charge < -0.3 is 10.0 Å². The summed E-state index contributed by atoms with van der Waals surface area (Å²) in [4.78, 5) is 16.1. The highest BCUT2D eigenvalue weighted by Gasteiger charge is 2.31. The fourth-order valence-electron chi connectivity index (χ4n) is 2.56. The van der Waals surface area contributed by atoms with Crippen molar-refractivity contribution >= 4 is 17.2 Å². The second-order valence-corrected chi connectivity index (χ2v) is 6.28. The minimum Gasteiger partial charge on any atom is -0.384 e. The number of aliphatic hydroxyl groups excluding tert-OH is 1. The summed E-state index contributed by atoms with van der Waals surface area (Å²) in [7, 11) is 0. The number of carbonyl (C=O) groups is 1. The predicted octanol–water partition coefficient (Wildman–Crippen LogP) is 2.27. The fourth-order valence-corrected chi connectivity index (χ4v) is 3.56. The van der Waals surface area contributed by atoms with E-state index in [2.05, 4.69) is 25.7 Å². The highest BCUT2D eigenvalue weighted by Crippen LogP contribution is 2.28. The van der Waals surface area contributed by atoms with Gasteiger partial charge in [-0.2, -0.15) is 0 Å². The van der Waals surface area contributed by atoms with Crippen molar-refractivity contribution in [1.29, 1.82) is 0 Å². The lowest BCUT2D eigenvalue weighted by atomic mass is 10.1. The molecule has 1 amide bonds. The molecule has 1 N–H and O–H groups in total. The predicted molar refractivity (Wildman–Crippen MR) is 77.3 cm³/mol. The van der Waals surface area contributed by atoms with Crippen molar-refractivity contribution in [3.63, 3.8) is 0 Å². The molecule has 0 saturated carbocycles. The molecule has 0 aromatic carbocycles. The monoisotopic (exact) mass is 277 g/mol. The number of likely N-dealkylation sites (tertiary alicyclic amines) is 1. The first-order valence-electron chi connectivity index (χ1n) is 6.54. The first-order chi connectivity index (χ1) is 9.02. The molecule has 1 saturated heterocycles. The van der Waals surface area contributed by atoms with Crippen LogP contribution in [0.3, 0.4) is 0 Å². The molecule has 2 unspecified atom stereocenters. The molecule has 1 aromatic rings. The number of rotatable bonds is 1. The van der Waals surface area contributed by atoms with Gasteiger partial charge in [-0.3, -0.25) is 4.79 Å². The summed E-state index contributed by atoms with van der Waals surface area (Å²) in [6, 6.07) is 2.22. The van der Waals surface area contributed by atoms with Crippen LogP contribution in [0.25, 0.3) is 0 Å². The quantitative estimate of drug-likeness (QED) is 0.800. The van der Waals surface area contributed by atoms with Crippen LogP contribution in [0, 0.1) is 24.7 Å². The zero-order chi connectivity index (χ0) is 14.0. The Morgan fingerprint density at radius 1 is 1.58 bits per heavy atom. The topological polar surface area (TPSA) is 40.5 Å². The van der Waals surface area contributed by atoms with Gasteiger partial charge in [0.1, 0.15) is 6.61 Å². The molecule has 19 heavy (non-hydrogen) atoms. The maximum Gasteiger partial charge on any atom is 0.264 e. The van der Waals surface area contributed by atoms with E-state index in [0.717, 1.165) is 28.3 Å². The van der Waals surface area contributed by atoms with Crippen molar-refractivity contribution in [1.82, 2.24) is 4.90 Å². The van der Waals surface area contributed by atoms with E-state index in [0.29, 0.717) is 12.0 Å². The summed E-state index contributed by atoms with van der Waals surface area (Å²) in [5.41, 5.74) is 1.01. The summed E-state index contributed by atoms with van der Waals surface area (Å²) in [6.45, 7) is 6.93. The van der Waals surface area contributed by atoms with Gasteiger partial charge in [-0.25, -0.2) is 0 Å². The van der Waals surface area contributed by atoms with Crippen molar-refractivity contribution in [3.8, 4) is 11.8 Å². The van der Waals surface area contributed by atoms with Crippen molar-refractivity contribution in [2.24, 2.45) is 5.92 Å². The molecule has 1 aliphatic heterocycles. The van der Waals surface area contributed by atoms with Crippen molar-refractivity contribution < 1.29 is 9.90 Å². The molecule has 2 atom stereocenters. The Bertz CT molecular complexity index is 538. The SMILES string of the molecule is Cc1cc(C(=O)N2CC(C)CC2C)sc1C#CCO. The van der Waals surface area contributed by atoms with E-state index in [-0.39, 0.29) is 12.5 Å². The number of carbonyl (C=O) groups excluding carboxylic acids is 1. The van der Waals surface area contributed by atoms with Crippen LogP contribution >= 0.6 is 11.3 Å². The third-order valence-corrected chi connectivity index (χ3v) is 4.59. The maximum atomic E-state index is 12.5. The molecule has 0 spiro atoms. The zero-order valence-electron chi connectivity index (χ0n) is 11.6. The van der Waals surface area contributed by atoms with Gasteiger partial charge >= 0.3 is 0 Å². The highest BCUT2D eigenvalue weighted by molar-refractivity contribution is 7.14. The minimum absolute atomic E-state index is 0.113. The third-order valence-electron chi connectivity index (χ3n) is 3.45. The number of nitrogens with zero attached hydrogens (tertiary/aromatic N) is 1. The van der Waals surface area contributed by atoms with Crippen LogP contribution in [-0.4, -0.2) is 35.1 Å². The van der Waals surface area contributed by atoms with Crippen LogP contribution in [0.4, 0.5) is 0 Å². The lowest BCUT2D eigenvalue weighted by Crippen LogP contribution is -2.33. The van der Waals surface area contributed by atoms with Crippen molar-refractivity contribution in [2.45, 2.75) is 33.2 Å². The van der Waals surface area contributed by atoms with Crippen molar-refractivity contribution in [2.75, 3.05) is 13.2 Å². The molecule has 2 heterocycles. The molecule has 3 nitrogen and oxygen atoms in total. The molecule has 1 aromatic heterocycles. The first kappa shape index (κ1) is 14.1. The van der Waals surface area contributed by atoms with E-state index in [1.165, 1.54) is 11.3 Å². The van der Waals surface area contributed by atoms with Gasteiger partial charge in [0.15, 0.2) is 0 Å². The highest BCUT2D eigenvalue weighted by atomic mass is 32.1. The Morgan fingerprint density at radius 3 is 2.89 bits per heavy atom. The van der Waals surface area contributed by atoms with Gasteiger partial charge in [-0.15, -0.1) is 11.3 Å². The van der Waals surface area contributed by atoms with Crippen molar-refractivity contribution in [3.05, 3.63) is 21.4 Å². The van der Waals surface area contributed by atoms with E-state index in [4.69, 9.17) is 5.11 Å². The Labute approximate surface area is 118 Å². The Balaban J connectivity index is 2.20. The Morgan fingerprint density at radius 2 is 2.32 bits per heavy atom. The van der Waals surface area contributed by atoms with Crippen LogP contribution in [0.1, 0.15) is 40.4 Å². The molecular weight excluding hydrogens is 258 g/mol. The molecule has 0 radical (unpaired) electrons. The lowest BCUT2D eigenvalue weighted by Gasteiger charge is -2.20. The Hall–Kier alpha value is -1.31. The second-order valence-electron chi connectivity index (χ2n) is 5.23. The van der Waals surface area contributed by atoms with Gasteiger partial charge in [0.25, 0.3) is 5.91 Å². The maximum absolute atomic E-state index is 12.5. The van der Waals surface area contributed by atoms with Gasteiger partial charge in [0.2, 0.25) is 0 Å². The molecule has 1 fully saturated rings. The van der Waals surface area contributed by atoms with E-state index in [9.17, 15) is 4.79 Å². The smallest absolute Gasteiger partial charge is 0.264 e. The largest absolute Gasteiger partial charge is 0.384 e. The van der Waals surface area contributed by atoms with Crippen LogP contribution in [0.15, 0.2) is 6.07 Å². The number of thiophene rings is 1. The van der Waals surface area contributed by atoms with E-state index in [1.54, 1.807) is 0 Å². The average molecular weight is 277 g/mol. The lowest BCUT2D eigenvalue weighted by molar-refractivity contribution is 0.0748. The third kappa shape index (κ3) is 2.99. The molecule has 4 heteroatoms. The normalized spacial score (nSPS) is 22.2. The number of aliphatic hydroxyl groups is 1. The molecule has 0 aliphatic carbocycles. The van der Waals surface area contributed by atoms with Gasteiger partial charge in [-0.1, -0.05) is 18.8 Å². The van der Waals surface area contributed by atoms with Gasteiger partial charge in [0, 0.05) is 12.6 Å². The van der Waals surface area contributed by atoms with Crippen LogP contribution in [0.2, 0.25) is 0 Å². The van der Waals surface area contributed by atoms with Crippen LogP contribution in [-0.2, 0) is 0 Å². The molecule has 0 bridgehead atoms. The van der Waals surface area contributed by atoms with E-state index < -0.39 is 0 Å². The number of amides is 1. The number of hydrogen-bond donors (Lipinski definition) is 1. The zero-order valence-corrected chi connectivity index (χ0v) is 12.4. The number of aryl methyl sites for hydroxylation is 1. The summed E-state index contributed by atoms with van der Waals surface area (Å²) in [5, 5.41) is 8.73. The summed E-state index contributed by atoms with van der Waals surface area (Å²) in [6.07, 6.45) is 1.08. The second kappa shape index (κ2) is 5.77. The summed E-state index contributed by atoms with van der Waals surface area (Å²) < 4.78 is 0. The number of hydrogen-bond acceptors (Lipinski definition) is 3. The summed E-state index contributed by atoms with van der Waals surface area (Å²) in [5.74, 6) is 6.22. The molecule has 102 valence electrons. The van der Waals surface area contributed by atoms with Crippen LogP contribution in [0.5, 0.6) is 0 Å². The Kier molecular flexibility index (Phi) is 4.28.